The van der Waals surface area contributed by atoms with Crippen molar-refractivity contribution in [3.63, 3.8) is 0 Å². The number of aromatic nitrogens is 2. The number of hydrogen-bond donors (Lipinski definition) is 2. The molecule has 2 N–H and O–H groups in total. The maximum Gasteiger partial charge on any atom is 0.271 e. The Labute approximate surface area is 162 Å². The Morgan fingerprint density at radius 1 is 0.964 bits per heavy atom. The molecular formula is C21H20N4O3. The Bertz CT molecular complexity index is 946. The predicted octanol–water partition coefficient (Wildman–Crippen LogP) is 3.31. The number of ether oxygens (including phenoxy) is 2. The molecule has 7 nitrogen and oxygen atoms in total. The number of amides is 1. The van der Waals surface area contributed by atoms with Gasteiger partial charge in [0.1, 0.15) is 0 Å². The summed E-state index contributed by atoms with van der Waals surface area (Å²) in [7, 11) is 0. The molecule has 7 heteroatoms. The number of nitrogens with one attached hydrogen (secondary N) is 2. The molecule has 1 aromatic heterocycles. The molecule has 0 radical (unpaired) electrons. The second-order valence-corrected chi connectivity index (χ2v) is 6.34. The minimum atomic E-state index is -0.227. The van der Waals surface area contributed by atoms with Crippen LogP contribution in [0.25, 0.3) is 0 Å². The average molecular weight is 376 g/mol. The van der Waals surface area contributed by atoms with Gasteiger partial charge >= 0.3 is 0 Å². The lowest BCUT2D eigenvalue weighted by atomic mass is 10.1. The third-order valence-corrected chi connectivity index (χ3v) is 4.31. The van der Waals surface area contributed by atoms with Crippen molar-refractivity contribution in [3.05, 3.63) is 71.9 Å². The van der Waals surface area contributed by atoms with Crippen molar-refractivity contribution in [1.82, 2.24) is 15.5 Å². The number of aryl methyl sites for hydroxylation is 1. The van der Waals surface area contributed by atoms with Crippen LogP contribution in [0.5, 0.6) is 11.5 Å². The quantitative estimate of drug-likeness (QED) is 0.616. The Morgan fingerprint density at radius 3 is 2.64 bits per heavy atom. The Balaban J connectivity index is 1.27. The fourth-order valence-electron chi connectivity index (χ4n) is 2.87. The molecule has 0 saturated heterocycles. The highest BCUT2D eigenvalue weighted by atomic mass is 16.7. The Kier molecular flexibility index (Phi) is 5.33. The molecule has 4 rings (SSSR count). The maximum absolute atomic E-state index is 12.2. The topological polar surface area (TPSA) is 85.4 Å². The standard InChI is InChI=1S/C21H20N4O3/c26-21(22-12-4-7-15-5-2-1-3-6-15)17-9-11-20(25-24-17)23-16-8-10-18-19(13-16)28-14-27-18/h1-3,5-6,8-11,13H,4,7,12,14H2,(H,22,26)(H,23,25). The number of rotatable bonds is 7. The molecule has 2 heterocycles. The van der Waals surface area contributed by atoms with Gasteiger partial charge in [-0.15, -0.1) is 10.2 Å². The molecule has 28 heavy (non-hydrogen) atoms. The van der Waals surface area contributed by atoms with Crippen LogP contribution in [-0.2, 0) is 6.42 Å². The van der Waals surface area contributed by atoms with Crippen LogP contribution in [-0.4, -0.2) is 29.4 Å². The highest BCUT2D eigenvalue weighted by molar-refractivity contribution is 5.92. The van der Waals surface area contributed by atoms with E-state index in [9.17, 15) is 4.79 Å². The van der Waals surface area contributed by atoms with Gasteiger partial charge in [0.25, 0.3) is 5.91 Å². The molecule has 3 aromatic rings. The van der Waals surface area contributed by atoms with Crippen LogP contribution in [0.3, 0.4) is 0 Å². The van der Waals surface area contributed by atoms with Crippen molar-refractivity contribution in [2.24, 2.45) is 0 Å². The minimum Gasteiger partial charge on any atom is -0.454 e. The van der Waals surface area contributed by atoms with E-state index in [4.69, 9.17) is 9.47 Å². The van der Waals surface area contributed by atoms with Gasteiger partial charge in [0.05, 0.1) is 0 Å². The van der Waals surface area contributed by atoms with Crippen LogP contribution in [0, 0.1) is 0 Å². The van der Waals surface area contributed by atoms with E-state index in [1.807, 2.05) is 36.4 Å². The van der Waals surface area contributed by atoms with E-state index in [-0.39, 0.29) is 18.4 Å². The smallest absolute Gasteiger partial charge is 0.271 e. The first kappa shape index (κ1) is 17.8. The molecule has 0 atom stereocenters. The van der Waals surface area contributed by atoms with Gasteiger partial charge in [-0.3, -0.25) is 4.79 Å². The highest BCUT2D eigenvalue weighted by Crippen LogP contribution is 2.34. The summed E-state index contributed by atoms with van der Waals surface area (Å²) in [5.74, 6) is 1.72. The number of nitrogens with zero attached hydrogens (tertiary/aromatic N) is 2. The van der Waals surface area contributed by atoms with E-state index in [0.29, 0.717) is 18.1 Å². The summed E-state index contributed by atoms with van der Waals surface area (Å²) in [6, 6.07) is 19.1. The van der Waals surface area contributed by atoms with E-state index < -0.39 is 0 Å². The van der Waals surface area contributed by atoms with Crippen LogP contribution < -0.4 is 20.1 Å². The fraction of sp³-hybridized carbons (Fsp3) is 0.190. The van der Waals surface area contributed by atoms with E-state index >= 15 is 0 Å². The molecular weight excluding hydrogens is 356 g/mol. The molecule has 0 unspecified atom stereocenters. The SMILES string of the molecule is O=C(NCCCc1ccccc1)c1ccc(Nc2ccc3c(c2)OCO3)nn1. The van der Waals surface area contributed by atoms with E-state index in [1.54, 1.807) is 12.1 Å². The van der Waals surface area contributed by atoms with Gasteiger partial charge < -0.3 is 20.1 Å². The van der Waals surface area contributed by atoms with Gasteiger partial charge in [-0.2, -0.15) is 0 Å². The van der Waals surface area contributed by atoms with E-state index in [2.05, 4.69) is 33.0 Å². The van der Waals surface area contributed by atoms with Gasteiger partial charge in [-0.25, -0.2) is 0 Å². The summed E-state index contributed by atoms with van der Waals surface area (Å²) in [5.41, 5.74) is 2.35. The molecule has 0 fully saturated rings. The van der Waals surface area contributed by atoms with Gasteiger partial charge in [0, 0.05) is 18.3 Å². The normalized spacial score (nSPS) is 11.9. The largest absolute Gasteiger partial charge is 0.454 e. The van der Waals surface area contributed by atoms with Crippen molar-refractivity contribution in [2.75, 3.05) is 18.7 Å². The molecule has 0 spiro atoms. The van der Waals surface area contributed by atoms with Crippen molar-refractivity contribution in [3.8, 4) is 11.5 Å². The zero-order valence-electron chi connectivity index (χ0n) is 15.2. The lowest BCUT2D eigenvalue weighted by Gasteiger charge is -2.07. The summed E-state index contributed by atoms with van der Waals surface area (Å²) in [6.07, 6.45) is 1.79. The first-order valence-electron chi connectivity index (χ1n) is 9.10. The van der Waals surface area contributed by atoms with Crippen LogP contribution >= 0.6 is 0 Å². The Hall–Kier alpha value is -3.61. The summed E-state index contributed by atoms with van der Waals surface area (Å²) < 4.78 is 10.6. The molecule has 0 aliphatic carbocycles. The maximum atomic E-state index is 12.2. The van der Waals surface area contributed by atoms with Gasteiger partial charge in [0.2, 0.25) is 6.79 Å². The number of carbonyl (C=O) groups is 1. The zero-order chi connectivity index (χ0) is 19.2. The molecule has 0 bridgehead atoms. The van der Waals surface area contributed by atoms with Crippen LogP contribution in [0.4, 0.5) is 11.5 Å². The number of benzene rings is 2. The third kappa shape index (κ3) is 4.37. The van der Waals surface area contributed by atoms with Crippen molar-refractivity contribution in [1.29, 1.82) is 0 Å². The summed E-state index contributed by atoms with van der Waals surface area (Å²) >= 11 is 0. The molecule has 2 aromatic carbocycles. The fourth-order valence-corrected chi connectivity index (χ4v) is 2.87. The zero-order valence-corrected chi connectivity index (χ0v) is 15.2. The average Bonchev–Trinajstić information content (AvgIpc) is 3.20. The number of hydrogen-bond acceptors (Lipinski definition) is 6. The van der Waals surface area contributed by atoms with Crippen molar-refractivity contribution in [2.45, 2.75) is 12.8 Å². The summed E-state index contributed by atoms with van der Waals surface area (Å²) in [6.45, 7) is 0.820. The number of carbonyl (C=O) groups excluding carboxylic acids is 1. The second kappa shape index (κ2) is 8.39. The van der Waals surface area contributed by atoms with Crippen LogP contribution in [0.1, 0.15) is 22.5 Å². The molecule has 0 saturated carbocycles. The second-order valence-electron chi connectivity index (χ2n) is 6.34. The summed E-state index contributed by atoms with van der Waals surface area (Å²) in [5, 5.41) is 14.1. The van der Waals surface area contributed by atoms with Crippen molar-refractivity contribution < 1.29 is 14.3 Å². The predicted molar refractivity (Wildman–Crippen MR) is 105 cm³/mol. The van der Waals surface area contributed by atoms with Crippen LogP contribution in [0.2, 0.25) is 0 Å². The van der Waals surface area contributed by atoms with E-state index in [0.717, 1.165) is 24.3 Å². The van der Waals surface area contributed by atoms with Crippen molar-refractivity contribution >= 4 is 17.4 Å². The first-order chi connectivity index (χ1) is 13.8. The van der Waals surface area contributed by atoms with Gasteiger partial charge in [0.15, 0.2) is 23.0 Å². The molecule has 1 aliphatic heterocycles. The summed E-state index contributed by atoms with van der Waals surface area (Å²) in [4.78, 5) is 12.2. The third-order valence-electron chi connectivity index (χ3n) is 4.31. The molecule has 142 valence electrons. The number of fused-ring (bicyclic) bond motifs is 1. The Morgan fingerprint density at radius 2 is 1.82 bits per heavy atom. The minimum absolute atomic E-state index is 0.227. The lowest BCUT2D eigenvalue weighted by Crippen LogP contribution is -2.26. The first-order valence-corrected chi connectivity index (χ1v) is 9.10. The van der Waals surface area contributed by atoms with Gasteiger partial charge in [-0.05, 0) is 42.7 Å². The van der Waals surface area contributed by atoms with Gasteiger partial charge in [-0.1, -0.05) is 30.3 Å². The highest BCUT2D eigenvalue weighted by Gasteiger charge is 2.13. The molecule has 1 aliphatic rings. The lowest BCUT2D eigenvalue weighted by molar-refractivity contribution is 0.0947. The molecule has 1 amide bonds. The number of anilines is 2. The van der Waals surface area contributed by atoms with E-state index in [1.165, 1.54) is 5.56 Å². The monoisotopic (exact) mass is 376 g/mol. The van der Waals surface area contributed by atoms with Crippen LogP contribution in [0.15, 0.2) is 60.7 Å².